The Hall–Kier alpha value is -1.84. The third kappa shape index (κ3) is 2.59. The minimum absolute atomic E-state index is 0.269. The average molecular weight is 221 g/mol. The van der Waals surface area contributed by atoms with Gasteiger partial charge in [-0.05, 0) is 18.6 Å². The molecule has 16 heavy (non-hydrogen) atoms. The van der Waals surface area contributed by atoms with E-state index in [4.69, 9.17) is 5.11 Å². The predicted octanol–water partition coefficient (Wildman–Crippen LogP) is 1.62. The van der Waals surface area contributed by atoms with Gasteiger partial charge in [-0.15, -0.1) is 0 Å². The molecule has 1 aromatic rings. The van der Waals surface area contributed by atoms with Crippen LogP contribution in [0.25, 0.3) is 0 Å². The van der Waals surface area contributed by atoms with Crippen LogP contribution in [0.3, 0.4) is 0 Å². The van der Waals surface area contributed by atoms with Crippen molar-refractivity contribution in [3.63, 3.8) is 0 Å². The summed E-state index contributed by atoms with van der Waals surface area (Å²) < 4.78 is 0. The first-order valence-corrected chi connectivity index (χ1v) is 5.13. The van der Waals surface area contributed by atoms with Gasteiger partial charge < -0.3 is 10.0 Å². The minimum Gasteiger partial charge on any atom is -0.480 e. The Bertz CT molecular complexity index is 375. The lowest BCUT2D eigenvalue weighted by atomic mass is 10.1. The quantitative estimate of drug-likeness (QED) is 0.840. The maximum Gasteiger partial charge on any atom is 0.326 e. The van der Waals surface area contributed by atoms with Gasteiger partial charge >= 0.3 is 5.97 Å². The molecule has 0 aromatic heterocycles. The van der Waals surface area contributed by atoms with Gasteiger partial charge in [0, 0.05) is 12.6 Å². The first-order chi connectivity index (χ1) is 7.57. The third-order valence-electron chi connectivity index (χ3n) is 2.48. The van der Waals surface area contributed by atoms with Crippen LogP contribution in [-0.4, -0.2) is 35.0 Å². The largest absolute Gasteiger partial charge is 0.480 e. The van der Waals surface area contributed by atoms with Gasteiger partial charge in [-0.25, -0.2) is 4.79 Å². The predicted molar refractivity (Wildman–Crippen MR) is 60.3 cm³/mol. The fourth-order valence-corrected chi connectivity index (χ4v) is 1.54. The number of hydrogen-bond acceptors (Lipinski definition) is 2. The van der Waals surface area contributed by atoms with Gasteiger partial charge in [0.1, 0.15) is 6.04 Å². The second-order valence-electron chi connectivity index (χ2n) is 3.54. The molecule has 1 atom stereocenters. The summed E-state index contributed by atoms with van der Waals surface area (Å²) in [5.74, 6) is -1.25. The summed E-state index contributed by atoms with van der Waals surface area (Å²) >= 11 is 0. The highest BCUT2D eigenvalue weighted by atomic mass is 16.4. The Kier molecular flexibility index (Phi) is 4.05. The minimum atomic E-state index is -0.978. The van der Waals surface area contributed by atoms with Crippen LogP contribution in [0.4, 0.5) is 0 Å². The molecule has 1 unspecified atom stereocenters. The summed E-state index contributed by atoms with van der Waals surface area (Å²) in [6, 6.07) is 7.89. The Labute approximate surface area is 94.5 Å². The summed E-state index contributed by atoms with van der Waals surface area (Å²) in [5, 5.41) is 8.95. The van der Waals surface area contributed by atoms with Gasteiger partial charge in [-0.1, -0.05) is 25.1 Å². The Morgan fingerprint density at radius 1 is 1.31 bits per heavy atom. The number of carbonyl (C=O) groups is 2. The number of carbonyl (C=O) groups excluding carboxylic acids is 1. The van der Waals surface area contributed by atoms with Crippen LogP contribution in [0.15, 0.2) is 30.3 Å². The smallest absolute Gasteiger partial charge is 0.326 e. The number of benzene rings is 1. The Morgan fingerprint density at radius 2 is 1.88 bits per heavy atom. The topological polar surface area (TPSA) is 57.6 Å². The molecular weight excluding hydrogens is 206 g/mol. The van der Waals surface area contributed by atoms with Gasteiger partial charge in [-0.2, -0.15) is 0 Å². The number of amides is 1. The lowest BCUT2D eigenvalue weighted by molar-refractivity contribution is -0.142. The molecule has 0 spiro atoms. The molecule has 0 heterocycles. The van der Waals surface area contributed by atoms with Crippen molar-refractivity contribution in [2.45, 2.75) is 19.4 Å². The molecule has 1 amide bonds. The van der Waals surface area contributed by atoms with Gasteiger partial charge in [0.15, 0.2) is 0 Å². The van der Waals surface area contributed by atoms with Crippen molar-refractivity contribution in [2.24, 2.45) is 0 Å². The zero-order chi connectivity index (χ0) is 12.1. The molecule has 0 fully saturated rings. The van der Waals surface area contributed by atoms with Crippen LogP contribution in [-0.2, 0) is 4.79 Å². The maximum atomic E-state index is 11.9. The maximum absolute atomic E-state index is 11.9. The average Bonchev–Trinajstić information content (AvgIpc) is 2.29. The van der Waals surface area contributed by atoms with Crippen molar-refractivity contribution in [1.82, 2.24) is 4.90 Å². The zero-order valence-corrected chi connectivity index (χ0v) is 9.38. The summed E-state index contributed by atoms with van der Waals surface area (Å²) in [6.45, 7) is 1.74. The van der Waals surface area contributed by atoms with Crippen LogP contribution in [0.5, 0.6) is 0 Å². The molecule has 0 bridgehead atoms. The van der Waals surface area contributed by atoms with Gasteiger partial charge in [0.25, 0.3) is 5.91 Å². The molecule has 4 nitrogen and oxygen atoms in total. The Morgan fingerprint density at radius 3 is 2.31 bits per heavy atom. The summed E-state index contributed by atoms with van der Waals surface area (Å²) in [5.41, 5.74) is 0.504. The number of rotatable bonds is 4. The van der Waals surface area contributed by atoms with Crippen LogP contribution in [0, 0.1) is 0 Å². The molecule has 4 heteroatoms. The number of aliphatic carboxylic acids is 1. The van der Waals surface area contributed by atoms with Gasteiger partial charge in [-0.3, -0.25) is 4.79 Å². The van der Waals surface area contributed by atoms with Crippen LogP contribution >= 0.6 is 0 Å². The highest BCUT2D eigenvalue weighted by Gasteiger charge is 2.25. The molecular formula is C12H15NO3. The van der Waals surface area contributed by atoms with E-state index < -0.39 is 12.0 Å². The molecule has 0 saturated carbocycles. The first-order valence-electron chi connectivity index (χ1n) is 5.13. The van der Waals surface area contributed by atoms with E-state index in [1.807, 2.05) is 6.07 Å². The standard InChI is InChI=1S/C12H15NO3/c1-3-10(12(15)16)13(2)11(14)9-7-5-4-6-8-9/h4-8,10H,3H2,1-2H3,(H,15,16). The normalized spacial score (nSPS) is 11.9. The fraction of sp³-hybridized carbons (Fsp3) is 0.333. The molecule has 86 valence electrons. The SMILES string of the molecule is CCC(C(=O)O)N(C)C(=O)c1ccccc1. The van der Waals surface area contributed by atoms with Crippen LogP contribution in [0.2, 0.25) is 0 Å². The van der Waals surface area contributed by atoms with E-state index in [1.54, 1.807) is 31.2 Å². The van der Waals surface area contributed by atoms with Crippen molar-refractivity contribution in [3.8, 4) is 0 Å². The van der Waals surface area contributed by atoms with Gasteiger partial charge in [0.05, 0.1) is 0 Å². The molecule has 0 aliphatic carbocycles. The van der Waals surface area contributed by atoms with E-state index in [0.29, 0.717) is 12.0 Å². The van der Waals surface area contributed by atoms with E-state index in [0.717, 1.165) is 0 Å². The number of likely N-dealkylation sites (N-methyl/N-ethyl adjacent to an activating group) is 1. The monoisotopic (exact) mass is 221 g/mol. The van der Waals surface area contributed by atoms with Crippen molar-refractivity contribution in [2.75, 3.05) is 7.05 Å². The van der Waals surface area contributed by atoms with E-state index in [1.165, 1.54) is 11.9 Å². The lowest BCUT2D eigenvalue weighted by Crippen LogP contribution is -2.41. The van der Waals surface area contributed by atoms with Crippen LogP contribution in [0.1, 0.15) is 23.7 Å². The fourth-order valence-electron chi connectivity index (χ4n) is 1.54. The first kappa shape index (κ1) is 12.2. The van der Waals surface area contributed by atoms with Gasteiger partial charge in [0.2, 0.25) is 0 Å². The van der Waals surface area contributed by atoms with E-state index in [-0.39, 0.29) is 5.91 Å². The highest BCUT2D eigenvalue weighted by Crippen LogP contribution is 2.08. The molecule has 1 N–H and O–H groups in total. The van der Waals surface area contributed by atoms with Crippen molar-refractivity contribution >= 4 is 11.9 Å². The van der Waals surface area contributed by atoms with E-state index in [2.05, 4.69) is 0 Å². The Balaban J connectivity index is 2.86. The van der Waals surface area contributed by atoms with E-state index >= 15 is 0 Å². The molecule has 0 aliphatic rings. The second-order valence-corrected chi connectivity index (χ2v) is 3.54. The van der Waals surface area contributed by atoms with Crippen molar-refractivity contribution in [1.29, 1.82) is 0 Å². The molecule has 0 aliphatic heterocycles. The highest BCUT2D eigenvalue weighted by molar-refractivity contribution is 5.96. The number of hydrogen-bond donors (Lipinski definition) is 1. The lowest BCUT2D eigenvalue weighted by Gasteiger charge is -2.23. The number of carboxylic acid groups (broad SMARTS) is 1. The molecule has 1 aromatic carbocycles. The molecule has 0 saturated heterocycles. The number of carboxylic acids is 1. The third-order valence-corrected chi connectivity index (χ3v) is 2.48. The van der Waals surface area contributed by atoms with Crippen LogP contribution < -0.4 is 0 Å². The summed E-state index contributed by atoms with van der Waals surface area (Å²) in [7, 11) is 1.51. The summed E-state index contributed by atoms with van der Waals surface area (Å²) in [6.07, 6.45) is 0.393. The van der Waals surface area contributed by atoms with Crippen molar-refractivity contribution in [3.05, 3.63) is 35.9 Å². The summed E-state index contributed by atoms with van der Waals surface area (Å²) in [4.78, 5) is 24.1. The zero-order valence-electron chi connectivity index (χ0n) is 9.38. The van der Waals surface area contributed by atoms with Crippen molar-refractivity contribution < 1.29 is 14.7 Å². The second kappa shape index (κ2) is 5.30. The number of nitrogens with zero attached hydrogens (tertiary/aromatic N) is 1. The molecule has 1 rings (SSSR count). The molecule has 0 radical (unpaired) electrons. The van der Waals surface area contributed by atoms with E-state index in [9.17, 15) is 9.59 Å².